The van der Waals surface area contributed by atoms with Gasteiger partial charge in [0.15, 0.2) is 10.9 Å². The first-order valence-corrected chi connectivity index (χ1v) is 8.18. The fourth-order valence-electron chi connectivity index (χ4n) is 2.10. The minimum atomic E-state index is -0.0798. The van der Waals surface area contributed by atoms with E-state index in [1.54, 1.807) is 26.5 Å². The molecule has 3 aromatic rings. The summed E-state index contributed by atoms with van der Waals surface area (Å²) in [5, 5.41) is 11.6. The van der Waals surface area contributed by atoms with Crippen LogP contribution in [0.25, 0.3) is 17.3 Å². The number of carbonyl (C=O) groups is 1. The topological polar surface area (TPSA) is 82.2 Å². The van der Waals surface area contributed by atoms with Gasteiger partial charge in [-0.25, -0.2) is 0 Å². The molecular formula is C16H16N4O3S. The van der Waals surface area contributed by atoms with Gasteiger partial charge in [0.1, 0.15) is 5.75 Å². The van der Waals surface area contributed by atoms with Crippen molar-refractivity contribution in [3.05, 3.63) is 42.7 Å². The summed E-state index contributed by atoms with van der Waals surface area (Å²) >= 11 is 1.31. The van der Waals surface area contributed by atoms with Gasteiger partial charge >= 0.3 is 0 Å². The molecule has 124 valence electrons. The van der Waals surface area contributed by atoms with Crippen LogP contribution < -0.4 is 10.1 Å². The molecule has 0 spiro atoms. The van der Waals surface area contributed by atoms with Gasteiger partial charge in [-0.3, -0.25) is 9.36 Å². The summed E-state index contributed by atoms with van der Waals surface area (Å²) in [4.78, 5) is 11.5. The van der Waals surface area contributed by atoms with Crippen molar-refractivity contribution in [2.24, 2.45) is 0 Å². The quantitative estimate of drug-likeness (QED) is 0.691. The summed E-state index contributed by atoms with van der Waals surface area (Å²) in [5.74, 6) is 2.10. The molecule has 0 unspecified atom stereocenters. The van der Waals surface area contributed by atoms with E-state index in [9.17, 15) is 4.79 Å². The Hall–Kier alpha value is -2.74. The minimum Gasteiger partial charge on any atom is -0.497 e. The van der Waals surface area contributed by atoms with Crippen LogP contribution in [0.3, 0.4) is 0 Å². The van der Waals surface area contributed by atoms with Crippen molar-refractivity contribution >= 4 is 17.7 Å². The van der Waals surface area contributed by atoms with Gasteiger partial charge in [-0.05, 0) is 36.4 Å². The fourth-order valence-corrected chi connectivity index (χ4v) is 2.92. The average Bonchev–Trinajstić information content (AvgIpc) is 3.28. The van der Waals surface area contributed by atoms with E-state index in [4.69, 9.17) is 9.15 Å². The van der Waals surface area contributed by atoms with Crippen LogP contribution in [0, 0.1) is 0 Å². The number of nitrogens with zero attached hydrogens (tertiary/aromatic N) is 3. The highest BCUT2D eigenvalue weighted by Gasteiger charge is 2.18. The molecule has 24 heavy (non-hydrogen) atoms. The SMILES string of the molecule is CNC(=O)CSc1nnc(-c2ccco2)n1-c1ccc(OC)cc1. The molecule has 1 aromatic carbocycles. The van der Waals surface area contributed by atoms with Crippen molar-refractivity contribution in [2.75, 3.05) is 19.9 Å². The molecule has 0 saturated heterocycles. The number of methoxy groups -OCH3 is 1. The number of hydrogen-bond acceptors (Lipinski definition) is 6. The molecule has 0 aliphatic rings. The molecule has 3 rings (SSSR count). The van der Waals surface area contributed by atoms with E-state index < -0.39 is 0 Å². The highest BCUT2D eigenvalue weighted by molar-refractivity contribution is 7.99. The van der Waals surface area contributed by atoms with Crippen molar-refractivity contribution < 1.29 is 13.9 Å². The molecule has 2 heterocycles. The minimum absolute atomic E-state index is 0.0798. The third-order valence-corrected chi connectivity index (χ3v) is 4.25. The highest BCUT2D eigenvalue weighted by atomic mass is 32.2. The number of aromatic nitrogens is 3. The molecule has 1 amide bonds. The largest absolute Gasteiger partial charge is 0.497 e. The van der Waals surface area contributed by atoms with E-state index in [1.807, 2.05) is 34.9 Å². The van der Waals surface area contributed by atoms with E-state index in [0.717, 1.165) is 11.4 Å². The van der Waals surface area contributed by atoms with Crippen molar-refractivity contribution in [3.63, 3.8) is 0 Å². The Morgan fingerprint density at radius 3 is 2.71 bits per heavy atom. The van der Waals surface area contributed by atoms with E-state index in [2.05, 4.69) is 15.5 Å². The van der Waals surface area contributed by atoms with E-state index in [-0.39, 0.29) is 11.7 Å². The molecule has 1 N–H and O–H groups in total. The number of thioether (sulfide) groups is 1. The zero-order valence-electron chi connectivity index (χ0n) is 13.2. The third kappa shape index (κ3) is 3.28. The molecule has 0 saturated carbocycles. The number of hydrogen-bond donors (Lipinski definition) is 1. The lowest BCUT2D eigenvalue weighted by Gasteiger charge is -2.09. The second kappa shape index (κ2) is 7.22. The standard InChI is InChI=1S/C16H16N4O3S/c1-17-14(21)10-24-16-19-18-15(13-4-3-9-23-13)20(16)11-5-7-12(22-2)8-6-11/h3-9H,10H2,1-2H3,(H,17,21). The Balaban J connectivity index is 2.01. The van der Waals surface area contributed by atoms with Gasteiger partial charge in [0, 0.05) is 7.05 Å². The summed E-state index contributed by atoms with van der Waals surface area (Å²) in [7, 11) is 3.22. The molecular weight excluding hydrogens is 328 g/mol. The number of benzene rings is 1. The van der Waals surface area contributed by atoms with Crippen LogP contribution in [0.5, 0.6) is 5.75 Å². The predicted octanol–water partition coefficient (Wildman–Crippen LogP) is 2.37. The molecule has 0 fully saturated rings. The van der Waals surface area contributed by atoms with Gasteiger partial charge < -0.3 is 14.5 Å². The first-order chi connectivity index (χ1) is 11.7. The lowest BCUT2D eigenvalue weighted by molar-refractivity contribution is -0.118. The lowest BCUT2D eigenvalue weighted by Crippen LogP contribution is -2.20. The van der Waals surface area contributed by atoms with E-state index >= 15 is 0 Å². The molecule has 0 aliphatic carbocycles. The third-order valence-electron chi connectivity index (χ3n) is 3.32. The molecule has 0 bridgehead atoms. The average molecular weight is 344 g/mol. The van der Waals surface area contributed by atoms with Crippen LogP contribution in [0.4, 0.5) is 0 Å². The summed E-state index contributed by atoms with van der Waals surface area (Å²) < 4.78 is 12.5. The molecule has 0 radical (unpaired) electrons. The van der Waals surface area contributed by atoms with Gasteiger partial charge in [-0.1, -0.05) is 11.8 Å². The van der Waals surface area contributed by atoms with E-state index in [0.29, 0.717) is 16.7 Å². The maximum absolute atomic E-state index is 11.5. The number of ether oxygens (including phenoxy) is 1. The number of nitrogens with one attached hydrogen (secondary N) is 1. The van der Waals surface area contributed by atoms with Crippen LogP contribution in [0.1, 0.15) is 0 Å². The fraction of sp³-hybridized carbons (Fsp3) is 0.188. The summed E-state index contributed by atoms with van der Waals surface area (Å²) in [6.45, 7) is 0. The lowest BCUT2D eigenvalue weighted by atomic mass is 10.3. The first kappa shape index (κ1) is 16.1. The van der Waals surface area contributed by atoms with Crippen LogP contribution >= 0.6 is 11.8 Å². The first-order valence-electron chi connectivity index (χ1n) is 7.20. The second-order valence-electron chi connectivity index (χ2n) is 4.78. The Morgan fingerprint density at radius 1 is 1.29 bits per heavy atom. The zero-order valence-corrected chi connectivity index (χ0v) is 14.0. The Morgan fingerprint density at radius 2 is 2.08 bits per heavy atom. The summed E-state index contributed by atoms with van der Waals surface area (Å²) in [6.07, 6.45) is 1.58. The normalized spacial score (nSPS) is 10.6. The Kier molecular flexibility index (Phi) is 4.85. The maximum atomic E-state index is 11.5. The van der Waals surface area contributed by atoms with Gasteiger partial charge in [0.05, 0.1) is 24.8 Å². The predicted molar refractivity (Wildman–Crippen MR) is 90.4 cm³/mol. The Labute approximate surface area is 143 Å². The number of amides is 1. The number of rotatable bonds is 6. The molecule has 2 aromatic heterocycles. The van der Waals surface area contributed by atoms with Gasteiger partial charge in [0.25, 0.3) is 0 Å². The van der Waals surface area contributed by atoms with Gasteiger partial charge in [-0.15, -0.1) is 10.2 Å². The highest BCUT2D eigenvalue weighted by Crippen LogP contribution is 2.28. The van der Waals surface area contributed by atoms with Gasteiger partial charge in [-0.2, -0.15) is 0 Å². The Bertz CT molecular complexity index is 812. The van der Waals surface area contributed by atoms with Crippen molar-refractivity contribution in [1.29, 1.82) is 0 Å². The van der Waals surface area contributed by atoms with Crippen molar-refractivity contribution in [3.8, 4) is 23.0 Å². The van der Waals surface area contributed by atoms with Gasteiger partial charge in [0.2, 0.25) is 11.7 Å². The van der Waals surface area contributed by atoms with Crippen molar-refractivity contribution in [2.45, 2.75) is 5.16 Å². The molecule has 8 heteroatoms. The van der Waals surface area contributed by atoms with Crippen LogP contribution in [0.15, 0.2) is 52.2 Å². The second-order valence-corrected chi connectivity index (χ2v) is 5.72. The number of furan rings is 1. The van der Waals surface area contributed by atoms with E-state index in [1.165, 1.54) is 11.8 Å². The van der Waals surface area contributed by atoms with Crippen molar-refractivity contribution in [1.82, 2.24) is 20.1 Å². The maximum Gasteiger partial charge on any atom is 0.230 e. The smallest absolute Gasteiger partial charge is 0.230 e. The molecule has 0 aliphatic heterocycles. The molecule has 0 atom stereocenters. The van der Waals surface area contributed by atoms with Crippen LogP contribution in [-0.4, -0.2) is 40.6 Å². The summed E-state index contributed by atoms with van der Waals surface area (Å²) in [5.41, 5.74) is 0.853. The number of carbonyl (C=O) groups excluding carboxylic acids is 1. The summed E-state index contributed by atoms with van der Waals surface area (Å²) in [6, 6.07) is 11.1. The van der Waals surface area contributed by atoms with Crippen LogP contribution in [0.2, 0.25) is 0 Å². The zero-order chi connectivity index (χ0) is 16.9. The monoisotopic (exact) mass is 344 g/mol. The van der Waals surface area contributed by atoms with Crippen LogP contribution in [-0.2, 0) is 4.79 Å². The molecule has 7 nitrogen and oxygen atoms in total.